The van der Waals surface area contributed by atoms with Gasteiger partial charge in [-0.3, -0.25) is 0 Å². The molecular weight excluding hydrogens is 243 g/mol. The molecule has 0 aliphatic carbocycles. The Kier molecular flexibility index (Phi) is 7.12. The third-order valence-corrected chi connectivity index (χ3v) is 2.72. The molecule has 0 bridgehead atoms. The Morgan fingerprint density at radius 1 is 1.42 bits per heavy atom. The molecule has 3 nitrogen and oxygen atoms in total. The van der Waals surface area contributed by atoms with Crippen molar-refractivity contribution in [2.75, 3.05) is 33.9 Å². The first-order chi connectivity index (χ1) is 9.17. The maximum Gasteiger partial charge on any atom is 0.128 e. The van der Waals surface area contributed by atoms with E-state index in [2.05, 4.69) is 16.7 Å². The number of rotatable bonds is 6. The molecular formula is C15H21FN2O. The van der Waals surface area contributed by atoms with E-state index in [9.17, 15) is 4.39 Å². The molecule has 0 spiro atoms. The monoisotopic (exact) mass is 264 g/mol. The van der Waals surface area contributed by atoms with Crippen LogP contribution in [-0.2, 0) is 11.3 Å². The SMILES string of the molecule is COCCCN(C)Cc1ccc(C#CCN)cc1F. The molecule has 0 aromatic heterocycles. The highest BCUT2D eigenvalue weighted by atomic mass is 19.1. The first-order valence-electron chi connectivity index (χ1n) is 6.32. The van der Waals surface area contributed by atoms with Crippen molar-refractivity contribution in [2.45, 2.75) is 13.0 Å². The molecule has 2 N–H and O–H groups in total. The summed E-state index contributed by atoms with van der Waals surface area (Å²) in [7, 11) is 3.65. The second-order valence-corrected chi connectivity index (χ2v) is 4.40. The summed E-state index contributed by atoms with van der Waals surface area (Å²) in [5.41, 5.74) is 6.62. The van der Waals surface area contributed by atoms with Crippen LogP contribution in [0.4, 0.5) is 4.39 Å². The van der Waals surface area contributed by atoms with Gasteiger partial charge in [0, 0.05) is 37.9 Å². The fourth-order valence-electron chi connectivity index (χ4n) is 1.76. The summed E-state index contributed by atoms with van der Waals surface area (Å²) in [6, 6.07) is 5.06. The molecule has 0 fully saturated rings. The summed E-state index contributed by atoms with van der Waals surface area (Å²) >= 11 is 0. The third kappa shape index (κ3) is 5.84. The fourth-order valence-corrected chi connectivity index (χ4v) is 1.76. The standard InChI is InChI=1S/C15H21FN2O/c1-18(9-4-10-19-2)12-14-7-6-13(5-3-8-17)11-15(14)16/h6-7,11H,4,8-10,12,17H2,1-2H3. The molecule has 4 heteroatoms. The van der Waals surface area contributed by atoms with E-state index in [1.54, 1.807) is 13.2 Å². The summed E-state index contributed by atoms with van der Waals surface area (Å²) < 4.78 is 18.9. The van der Waals surface area contributed by atoms with Crippen LogP contribution >= 0.6 is 0 Å². The van der Waals surface area contributed by atoms with Crippen molar-refractivity contribution >= 4 is 0 Å². The van der Waals surface area contributed by atoms with Crippen LogP contribution in [0.3, 0.4) is 0 Å². The molecule has 0 unspecified atom stereocenters. The molecule has 0 amide bonds. The Balaban J connectivity index is 2.59. The van der Waals surface area contributed by atoms with Gasteiger partial charge in [0.2, 0.25) is 0 Å². The van der Waals surface area contributed by atoms with E-state index in [-0.39, 0.29) is 12.4 Å². The normalized spacial score (nSPS) is 10.4. The molecule has 104 valence electrons. The molecule has 1 aromatic rings. The van der Waals surface area contributed by atoms with Gasteiger partial charge in [-0.15, -0.1) is 0 Å². The van der Waals surface area contributed by atoms with Crippen LogP contribution in [0.1, 0.15) is 17.5 Å². The van der Waals surface area contributed by atoms with Crippen molar-refractivity contribution in [3.05, 3.63) is 35.1 Å². The maximum absolute atomic E-state index is 13.9. The van der Waals surface area contributed by atoms with Gasteiger partial charge in [0.05, 0.1) is 6.54 Å². The quantitative estimate of drug-likeness (QED) is 0.626. The second kappa shape index (κ2) is 8.65. The summed E-state index contributed by atoms with van der Waals surface area (Å²) in [5, 5.41) is 0. The molecule has 0 aliphatic heterocycles. The van der Waals surface area contributed by atoms with Gasteiger partial charge in [0.1, 0.15) is 5.82 Å². The van der Waals surface area contributed by atoms with Gasteiger partial charge in [-0.05, 0) is 25.6 Å². The highest BCUT2D eigenvalue weighted by molar-refractivity contribution is 5.37. The number of benzene rings is 1. The van der Waals surface area contributed by atoms with Crippen molar-refractivity contribution < 1.29 is 9.13 Å². The van der Waals surface area contributed by atoms with Gasteiger partial charge < -0.3 is 15.4 Å². The predicted octanol–water partition coefficient (Wildman–Crippen LogP) is 1.60. The average molecular weight is 264 g/mol. The molecule has 1 rings (SSSR count). The maximum atomic E-state index is 13.9. The minimum absolute atomic E-state index is 0.220. The van der Waals surface area contributed by atoms with Gasteiger partial charge in [0.25, 0.3) is 0 Å². The van der Waals surface area contributed by atoms with Crippen LogP contribution in [-0.4, -0.2) is 38.8 Å². The van der Waals surface area contributed by atoms with Crippen molar-refractivity contribution in [3.8, 4) is 11.8 Å². The highest BCUT2D eigenvalue weighted by Crippen LogP contribution is 2.12. The summed E-state index contributed by atoms with van der Waals surface area (Å²) in [6.07, 6.45) is 0.939. The minimum Gasteiger partial charge on any atom is -0.385 e. The lowest BCUT2D eigenvalue weighted by Crippen LogP contribution is -2.20. The number of nitrogens with two attached hydrogens (primary N) is 1. The molecule has 1 aromatic carbocycles. The van der Waals surface area contributed by atoms with Crippen LogP contribution in [0.2, 0.25) is 0 Å². The number of hydrogen-bond acceptors (Lipinski definition) is 3. The topological polar surface area (TPSA) is 38.5 Å². The largest absolute Gasteiger partial charge is 0.385 e. The number of ether oxygens (including phenoxy) is 1. The van der Waals surface area contributed by atoms with Gasteiger partial charge in [-0.2, -0.15) is 0 Å². The molecule has 19 heavy (non-hydrogen) atoms. The second-order valence-electron chi connectivity index (χ2n) is 4.40. The number of methoxy groups -OCH3 is 1. The average Bonchev–Trinajstić information content (AvgIpc) is 2.39. The van der Waals surface area contributed by atoms with E-state index in [0.717, 1.165) is 19.6 Å². The Morgan fingerprint density at radius 3 is 2.84 bits per heavy atom. The van der Waals surface area contributed by atoms with Crippen LogP contribution in [0.15, 0.2) is 18.2 Å². The molecule has 0 heterocycles. The number of halogens is 1. The first-order valence-corrected chi connectivity index (χ1v) is 6.32. The van der Waals surface area contributed by atoms with Crippen LogP contribution < -0.4 is 5.73 Å². The lowest BCUT2D eigenvalue weighted by Gasteiger charge is -2.16. The van der Waals surface area contributed by atoms with E-state index >= 15 is 0 Å². The summed E-state index contributed by atoms with van der Waals surface area (Å²) in [5.74, 6) is 5.32. The summed E-state index contributed by atoms with van der Waals surface area (Å²) in [6.45, 7) is 2.47. The fraction of sp³-hybridized carbons (Fsp3) is 0.467. The van der Waals surface area contributed by atoms with E-state index in [1.807, 2.05) is 13.1 Å². The zero-order valence-electron chi connectivity index (χ0n) is 11.6. The molecule has 0 saturated heterocycles. The molecule has 0 atom stereocenters. The van der Waals surface area contributed by atoms with E-state index in [0.29, 0.717) is 17.7 Å². The van der Waals surface area contributed by atoms with Gasteiger partial charge in [-0.1, -0.05) is 17.9 Å². The van der Waals surface area contributed by atoms with Gasteiger partial charge in [0.15, 0.2) is 0 Å². The molecule has 0 aliphatic rings. The van der Waals surface area contributed by atoms with Crippen LogP contribution in [0.25, 0.3) is 0 Å². The predicted molar refractivity (Wildman–Crippen MR) is 75.2 cm³/mol. The van der Waals surface area contributed by atoms with E-state index in [1.165, 1.54) is 6.07 Å². The Morgan fingerprint density at radius 2 is 2.21 bits per heavy atom. The Labute approximate surface area is 114 Å². The van der Waals surface area contributed by atoms with Crippen molar-refractivity contribution in [2.24, 2.45) is 5.73 Å². The summed E-state index contributed by atoms with van der Waals surface area (Å²) in [4.78, 5) is 2.07. The number of hydrogen-bond donors (Lipinski definition) is 1. The lowest BCUT2D eigenvalue weighted by atomic mass is 10.1. The zero-order chi connectivity index (χ0) is 14.1. The minimum atomic E-state index is -0.220. The van der Waals surface area contributed by atoms with Crippen molar-refractivity contribution in [1.82, 2.24) is 4.90 Å². The molecule has 0 saturated carbocycles. The van der Waals surface area contributed by atoms with Crippen LogP contribution in [0.5, 0.6) is 0 Å². The van der Waals surface area contributed by atoms with E-state index in [4.69, 9.17) is 10.5 Å². The first kappa shape index (κ1) is 15.6. The lowest BCUT2D eigenvalue weighted by molar-refractivity contribution is 0.178. The smallest absolute Gasteiger partial charge is 0.128 e. The van der Waals surface area contributed by atoms with E-state index < -0.39 is 0 Å². The Hall–Kier alpha value is -1.41. The van der Waals surface area contributed by atoms with Crippen molar-refractivity contribution in [3.63, 3.8) is 0 Å². The van der Waals surface area contributed by atoms with Gasteiger partial charge >= 0.3 is 0 Å². The zero-order valence-corrected chi connectivity index (χ0v) is 11.6. The van der Waals surface area contributed by atoms with Gasteiger partial charge in [-0.25, -0.2) is 4.39 Å². The van der Waals surface area contributed by atoms with Crippen LogP contribution in [0, 0.1) is 17.7 Å². The highest BCUT2D eigenvalue weighted by Gasteiger charge is 2.06. The Bertz CT molecular complexity index is 451. The third-order valence-electron chi connectivity index (χ3n) is 2.72. The number of nitrogens with zero attached hydrogens (tertiary/aromatic N) is 1. The van der Waals surface area contributed by atoms with Crippen molar-refractivity contribution in [1.29, 1.82) is 0 Å². The molecule has 0 radical (unpaired) electrons.